The first-order valence-electron chi connectivity index (χ1n) is 8.15. The minimum absolute atomic E-state index is 0.252. The number of urea groups is 1. The van der Waals surface area contributed by atoms with Gasteiger partial charge in [0.15, 0.2) is 0 Å². The highest BCUT2D eigenvalue weighted by Gasteiger charge is 2.28. The van der Waals surface area contributed by atoms with Crippen molar-refractivity contribution in [2.75, 3.05) is 13.1 Å². The largest absolute Gasteiger partial charge is 0.481 e. The maximum atomic E-state index is 12.2. The molecule has 1 fully saturated rings. The molecule has 0 bridgehead atoms. The van der Waals surface area contributed by atoms with Crippen LogP contribution in [0.5, 0.6) is 5.88 Å². The van der Waals surface area contributed by atoms with E-state index in [0.717, 1.165) is 0 Å². The van der Waals surface area contributed by atoms with Gasteiger partial charge < -0.3 is 20.1 Å². The molecule has 0 radical (unpaired) electrons. The first kappa shape index (κ1) is 18.0. The van der Waals surface area contributed by atoms with Crippen molar-refractivity contribution in [3.8, 4) is 5.88 Å². The first-order valence-corrected chi connectivity index (χ1v) is 8.15. The second kappa shape index (κ2) is 7.51. The molecule has 0 aromatic carbocycles. The van der Waals surface area contributed by atoms with E-state index >= 15 is 0 Å². The molecule has 1 aliphatic heterocycles. The van der Waals surface area contributed by atoms with Crippen molar-refractivity contribution in [1.29, 1.82) is 0 Å². The lowest BCUT2D eigenvalue weighted by molar-refractivity contribution is -0.143. The van der Waals surface area contributed by atoms with Gasteiger partial charge in [0.2, 0.25) is 5.88 Å². The predicted octanol–water partition coefficient (Wildman–Crippen LogP) is 2.27. The van der Waals surface area contributed by atoms with Crippen LogP contribution in [0.2, 0.25) is 0 Å². The zero-order chi connectivity index (χ0) is 17.7. The van der Waals surface area contributed by atoms with Gasteiger partial charge in [0.1, 0.15) is 5.60 Å². The number of hydrogen-bond donors (Lipinski definition) is 2. The summed E-state index contributed by atoms with van der Waals surface area (Å²) in [6.07, 6.45) is 1.32. The van der Waals surface area contributed by atoms with Gasteiger partial charge in [0, 0.05) is 19.2 Å². The van der Waals surface area contributed by atoms with E-state index in [1.807, 2.05) is 32.9 Å². The van der Waals surface area contributed by atoms with E-state index in [-0.39, 0.29) is 24.7 Å². The van der Waals surface area contributed by atoms with E-state index in [1.54, 1.807) is 11.0 Å². The molecule has 2 rings (SSSR count). The Balaban J connectivity index is 1.89. The maximum Gasteiger partial charge on any atom is 0.317 e. The van der Waals surface area contributed by atoms with Crippen LogP contribution in [0, 0.1) is 5.92 Å². The fourth-order valence-electron chi connectivity index (χ4n) is 2.57. The van der Waals surface area contributed by atoms with Crippen molar-refractivity contribution in [3.05, 3.63) is 23.9 Å². The predicted molar refractivity (Wildman–Crippen MR) is 88.8 cm³/mol. The third kappa shape index (κ3) is 5.40. The zero-order valence-electron chi connectivity index (χ0n) is 14.4. The number of carboxylic acid groups (broad SMARTS) is 1. The molecule has 24 heavy (non-hydrogen) atoms. The van der Waals surface area contributed by atoms with Crippen LogP contribution in [0.25, 0.3) is 0 Å². The van der Waals surface area contributed by atoms with Gasteiger partial charge in [-0.25, -0.2) is 9.78 Å². The summed E-state index contributed by atoms with van der Waals surface area (Å²) in [4.78, 5) is 29.2. The molecule has 2 N–H and O–H groups in total. The summed E-state index contributed by atoms with van der Waals surface area (Å²) < 4.78 is 5.71. The van der Waals surface area contributed by atoms with Crippen molar-refractivity contribution in [1.82, 2.24) is 15.2 Å². The van der Waals surface area contributed by atoms with Crippen LogP contribution in [0.1, 0.15) is 39.3 Å². The number of aliphatic carboxylic acids is 1. The monoisotopic (exact) mass is 335 g/mol. The summed E-state index contributed by atoms with van der Waals surface area (Å²) in [5.41, 5.74) is 0.353. The molecule has 0 aliphatic carbocycles. The highest BCUT2D eigenvalue weighted by atomic mass is 16.5. The quantitative estimate of drug-likeness (QED) is 0.880. The maximum absolute atomic E-state index is 12.2. The standard InChI is InChI=1S/C17H25N3O4/c1-17(2,3)24-14-8-4-7-13(19-14)10-18-16(23)20-9-5-6-12(11-20)15(21)22/h4,7-8,12H,5-6,9-11H2,1-3H3,(H,18,23)(H,21,22). The van der Waals surface area contributed by atoms with Crippen molar-refractivity contribution < 1.29 is 19.4 Å². The van der Waals surface area contributed by atoms with E-state index < -0.39 is 11.9 Å². The van der Waals surface area contributed by atoms with Crippen LogP contribution in [0.4, 0.5) is 4.79 Å². The van der Waals surface area contributed by atoms with Gasteiger partial charge in [-0.05, 0) is 39.7 Å². The third-order valence-electron chi connectivity index (χ3n) is 3.67. The van der Waals surface area contributed by atoms with Crippen LogP contribution < -0.4 is 10.1 Å². The molecule has 1 saturated heterocycles. The highest BCUT2D eigenvalue weighted by Crippen LogP contribution is 2.17. The van der Waals surface area contributed by atoms with Crippen LogP contribution in [0.15, 0.2) is 18.2 Å². The molecule has 1 aromatic heterocycles. The van der Waals surface area contributed by atoms with Gasteiger partial charge in [-0.15, -0.1) is 0 Å². The van der Waals surface area contributed by atoms with Gasteiger partial charge in [-0.2, -0.15) is 0 Å². The molecule has 7 heteroatoms. The van der Waals surface area contributed by atoms with Crippen LogP contribution in [-0.2, 0) is 11.3 Å². The second-order valence-corrected chi connectivity index (χ2v) is 6.96. The molecule has 1 atom stereocenters. The number of carboxylic acids is 1. The topological polar surface area (TPSA) is 91.8 Å². The summed E-state index contributed by atoms with van der Waals surface area (Å²) in [5.74, 6) is -0.814. The number of carbonyl (C=O) groups is 2. The van der Waals surface area contributed by atoms with Crippen molar-refractivity contribution in [2.24, 2.45) is 5.92 Å². The van der Waals surface area contributed by atoms with E-state index in [2.05, 4.69) is 10.3 Å². The lowest BCUT2D eigenvalue weighted by Crippen LogP contribution is -2.46. The number of ether oxygens (including phenoxy) is 1. The van der Waals surface area contributed by atoms with Crippen molar-refractivity contribution in [2.45, 2.75) is 45.8 Å². The van der Waals surface area contributed by atoms with Crippen LogP contribution in [-0.4, -0.2) is 45.7 Å². The van der Waals surface area contributed by atoms with Crippen molar-refractivity contribution in [3.63, 3.8) is 0 Å². The lowest BCUT2D eigenvalue weighted by atomic mass is 9.99. The number of carbonyl (C=O) groups excluding carboxylic acids is 1. The Kier molecular flexibility index (Phi) is 5.64. The summed E-state index contributed by atoms with van der Waals surface area (Å²) in [5, 5.41) is 11.9. The highest BCUT2D eigenvalue weighted by molar-refractivity contribution is 5.76. The van der Waals surface area contributed by atoms with E-state index in [0.29, 0.717) is 31.0 Å². The molecular weight excluding hydrogens is 310 g/mol. The third-order valence-corrected chi connectivity index (χ3v) is 3.67. The minimum atomic E-state index is -0.846. The molecular formula is C17H25N3O4. The Morgan fingerprint density at radius 3 is 2.83 bits per heavy atom. The van der Waals surface area contributed by atoms with E-state index in [9.17, 15) is 9.59 Å². The molecule has 7 nitrogen and oxygen atoms in total. The molecule has 0 spiro atoms. The number of likely N-dealkylation sites (tertiary alicyclic amines) is 1. The Morgan fingerprint density at radius 2 is 2.17 bits per heavy atom. The van der Waals surface area contributed by atoms with E-state index in [1.165, 1.54) is 0 Å². The van der Waals surface area contributed by atoms with Crippen LogP contribution >= 0.6 is 0 Å². The molecule has 2 amide bonds. The Morgan fingerprint density at radius 1 is 1.42 bits per heavy atom. The van der Waals surface area contributed by atoms with Crippen molar-refractivity contribution >= 4 is 12.0 Å². The summed E-state index contributed by atoms with van der Waals surface area (Å²) in [7, 11) is 0. The normalized spacial score (nSPS) is 18.1. The number of aromatic nitrogens is 1. The summed E-state index contributed by atoms with van der Waals surface area (Å²) in [6.45, 7) is 6.93. The molecule has 132 valence electrons. The molecule has 1 aliphatic rings. The SMILES string of the molecule is CC(C)(C)Oc1cccc(CNC(=O)N2CCCC(C(=O)O)C2)n1. The number of amides is 2. The van der Waals surface area contributed by atoms with Gasteiger partial charge in [0.05, 0.1) is 18.2 Å². The number of nitrogens with zero attached hydrogens (tertiary/aromatic N) is 2. The fraction of sp³-hybridized carbons (Fsp3) is 0.588. The Labute approximate surface area is 142 Å². The van der Waals surface area contributed by atoms with Gasteiger partial charge in [-0.1, -0.05) is 6.07 Å². The molecule has 1 aromatic rings. The van der Waals surface area contributed by atoms with Crippen LogP contribution in [0.3, 0.4) is 0 Å². The Bertz CT molecular complexity index is 598. The average Bonchev–Trinajstić information content (AvgIpc) is 2.51. The molecule has 1 unspecified atom stereocenters. The number of nitrogens with one attached hydrogen (secondary N) is 1. The number of rotatable bonds is 4. The average molecular weight is 335 g/mol. The fourth-order valence-corrected chi connectivity index (χ4v) is 2.57. The van der Waals surface area contributed by atoms with E-state index in [4.69, 9.17) is 9.84 Å². The zero-order valence-corrected chi connectivity index (χ0v) is 14.4. The lowest BCUT2D eigenvalue weighted by Gasteiger charge is -2.30. The number of hydrogen-bond acceptors (Lipinski definition) is 4. The first-order chi connectivity index (χ1) is 11.2. The smallest absolute Gasteiger partial charge is 0.317 e. The molecule has 0 saturated carbocycles. The minimum Gasteiger partial charge on any atom is -0.481 e. The Hall–Kier alpha value is -2.31. The van der Waals surface area contributed by atoms with Gasteiger partial charge in [-0.3, -0.25) is 4.79 Å². The summed E-state index contributed by atoms with van der Waals surface area (Å²) in [6, 6.07) is 5.16. The second-order valence-electron chi connectivity index (χ2n) is 6.96. The molecule has 2 heterocycles. The number of piperidine rings is 1. The number of pyridine rings is 1. The van der Waals surface area contributed by atoms with Gasteiger partial charge >= 0.3 is 12.0 Å². The van der Waals surface area contributed by atoms with Gasteiger partial charge in [0.25, 0.3) is 0 Å². The summed E-state index contributed by atoms with van der Waals surface area (Å²) >= 11 is 0.